The van der Waals surface area contributed by atoms with E-state index in [0.29, 0.717) is 11.6 Å². The molecule has 4 nitrogen and oxygen atoms in total. The van der Waals surface area contributed by atoms with Crippen LogP contribution in [0.4, 0.5) is 0 Å². The SMILES string of the molecule is Cc1cc(C)c([I-]c2ccc(-c3nnc(C)nn3)cc2)c(C)c1. The van der Waals surface area contributed by atoms with Gasteiger partial charge in [-0.2, -0.15) is 0 Å². The first-order valence-corrected chi connectivity index (χ1v) is 9.56. The molecule has 0 aliphatic rings. The van der Waals surface area contributed by atoms with Crippen LogP contribution in [0, 0.1) is 34.8 Å². The Balaban J connectivity index is 1.84. The van der Waals surface area contributed by atoms with E-state index in [1.165, 1.54) is 23.8 Å². The molecule has 0 saturated carbocycles. The summed E-state index contributed by atoms with van der Waals surface area (Å²) in [4.78, 5) is 0. The van der Waals surface area contributed by atoms with Crippen LogP contribution >= 0.6 is 0 Å². The van der Waals surface area contributed by atoms with E-state index in [2.05, 4.69) is 77.6 Å². The summed E-state index contributed by atoms with van der Waals surface area (Å²) in [5.74, 6) is 1.16. The van der Waals surface area contributed by atoms with Crippen molar-refractivity contribution in [1.29, 1.82) is 0 Å². The first-order valence-electron chi connectivity index (χ1n) is 7.40. The van der Waals surface area contributed by atoms with E-state index in [1.54, 1.807) is 6.92 Å². The van der Waals surface area contributed by atoms with Gasteiger partial charge in [0.05, 0.1) is 0 Å². The van der Waals surface area contributed by atoms with Gasteiger partial charge in [0.25, 0.3) is 0 Å². The van der Waals surface area contributed by atoms with E-state index in [1.807, 2.05) is 0 Å². The molecule has 23 heavy (non-hydrogen) atoms. The van der Waals surface area contributed by atoms with Gasteiger partial charge in [-0.05, 0) is 0 Å². The number of nitrogens with zero attached hydrogens (tertiary/aromatic N) is 4. The molecule has 0 bridgehead atoms. The zero-order chi connectivity index (χ0) is 16.4. The number of hydrogen-bond acceptors (Lipinski definition) is 4. The number of benzene rings is 2. The van der Waals surface area contributed by atoms with E-state index in [0.717, 1.165) is 5.56 Å². The molecule has 0 atom stereocenters. The topological polar surface area (TPSA) is 51.6 Å². The zero-order valence-electron chi connectivity index (χ0n) is 13.6. The molecule has 0 unspecified atom stereocenters. The van der Waals surface area contributed by atoms with Gasteiger partial charge in [-0.25, -0.2) is 0 Å². The fourth-order valence-corrected chi connectivity index (χ4v) is 4.98. The molecule has 0 saturated heterocycles. The van der Waals surface area contributed by atoms with Crippen LogP contribution < -0.4 is 21.2 Å². The first kappa shape index (κ1) is 16.0. The molecule has 3 rings (SSSR count). The monoisotopic (exact) mass is 417 g/mol. The van der Waals surface area contributed by atoms with Crippen molar-refractivity contribution in [2.45, 2.75) is 27.7 Å². The van der Waals surface area contributed by atoms with Crippen molar-refractivity contribution in [2.24, 2.45) is 0 Å². The molecule has 1 heterocycles. The summed E-state index contributed by atoms with van der Waals surface area (Å²) >= 11 is -0.188. The van der Waals surface area contributed by atoms with Crippen molar-refractivity contribution in [3.05, 3.63) is 66.1 Å². The maximum atomic E-state index is 4.09. The Morgan fingerprint density at radius 1 is 0.739 bits per heavy atom. The van der Waals surface area contributed by atoms with Crippen LogP contribution in [-0.2, 0) is 0 Å². The summed E-state index contributed by atoms with van der Waals surface area (Å²) < 4.78 is 2.90. The van der Waals surface area contributed by atoms with Gasteiger partial charge < -0.3 is 0 Å². The summed E-state index contributed by atoms with van der Waals surface area (Å²) in [6.45, 7) is 8.35. The Morgan fingerprint density at radius 2 is 1.30 bits per heavy atom. The summed E-state index contributed by atoms with van der Waals surface area (Å²) in [6.07, 6.45) is 0. The number of aromatic nitrogens is 4. The van der Waals surface area contributed by atoms with E-state index < -0.39 is 0 Å². The Bertz CT molecular complexity index is 804. The molecular formula is C18H18IN4-. The molecule has 3 aromatic rings. The fourth-order valence-electron chi connectivity index (χ4n) is 2.48. The van der Waals surface area contributed by atoms with E-state index >= 15 is 0 Å². The van der Waals surface area contributed by atoms with Gasteiger partial charge in [-0.3, -0.25) is 0 Å². The van der Waals surface area contributed by atoms with Crippen LogP contribution in [0.5, 0.6) is 0 Å². The van der Waals surface area contributed by atoms with Gasteiger partial charge in [0.2, 0.25) is 0 Å². The predicted octanol–water partition coefficient (Wildman–Crippen LogP) is 0.296. The van der Waals surface area contributed by atoms with Crippen molar-refractivity contribution in [2.75, 3.05) is 0 Å². The average molecular weight is 417 g/mol. The first-order chi connectivity index (χ1) is 11.0. The second-order valence-electron chi connectivity index (χ2n) is 5.58. The molecule has 0 spiro atoms. The quantitative estimate of drug-likeness (QED) is 0.576. The molecular weight excluding hydrogens is 399 g/mol. The molecule has 0 aliphatic carbocycles. The third kappa shape index (κ3) is 3.72. The van der Waals surface area contributed by atoms with Crippen molar-refractivity contribution in [3.8, 4) is 11.4 Å². The Hall–Kier alpha value is -1.89. The Morgan fingerprint density at radius 3 is 1.87 bits per heavy atom. The van der Waals surface area contributed by atoms with Gasteiger partial charge in [0, 0.05) is 0 Å². The summed E-state index contributed by atoms with van der Waals surface area (Å²) in [5, 5.41) is 16.1. The van der Waals surface area contributed by atoms with Crippen molar-refractivity contribution in [3.63, 3.8) is 0 Å². The van der Waals surface area contributed by atoms with E-state index in [9.17, 15) is 0 Å². The molecule has 0 aliphatic heterocycles. The average Bonchev–Trinajstić information content (AvgIpc) is 2.52. The molecule has 0 radical (unpaired) electrons. The molecule has 1 aromatic heterocycles. The minimum atomic E-state index is -0.188. The Labute approximate surface area is 146 Å². The molecule has 2 aromatic carbocycles. The molecule has 118 valence electrons. The van der Waals surface area contributed by atoms with E-state index in [4.69, 9.17) is 0 Å². The van der Waals surface area contributed by atoms with Gasteiger partial charge in [-0.15, -0.1) is 0 Å². The van der Waals surface area contributed by atoms with Crippen LogP contribution in [0.3, 0.4) is 0 Å². The Kier molecular flexibility index (Phi) is 4.66. The van der Waals surface area contributed by atoms with Crippen LogP contribution in [0.25, 0.3) is 11.4 Å². The third-order valence-electron chi connectivity index (χ3n) is 3.47. The van der Waals surface area contributed by atoms with Gasteiger partial charge in [-0.1, -0.05) is 0 Å². The third-order valence-corrected chi connectivity index (χ3v) is 7.05. The number of hydrogen-bond donors (Lipinski definition) is 0. The van der Waals surface area contributed by atoms with Crippen LogP contribution in [0.2, 0.25) is 0 Å². The second kappa shape index (κ2) is 6.70. The molecule has 5 heteroatoms. The number of aryl methyl sites for hydroxylation is 4. The maximum absolute atomic E-state index is 4.09. The van der Waals surface area contributed by atoms with Crippen LogP contribution in [0.1, 0.15) is 22.5 Å². The van der Waals surface area contributed by atoms with Crippen molar-refractivity contribution < 1.29 is 21.2 Å². The van der Waals surface area contributed by atoms with Crippen molar-refractivity contribution >= 4 is 0 Å². The zero-order valence-corrected chi connectivity index (χ0v) is 15.8. The minimum absolute atomic E-state index is 0.188. The summed E-state index contributed by atoms with van der Waals surface area (Å²) in [6, 6.07) is 13.0. The standard InChI is InChI=1S/C18H18IN4/c1-11-9-12(2)17(13(3)10-11)19-16-7-5-15(6-8-16)18-22-20-14(4)21-23-18/h5-10H,1-4H3/q-1. The van der Waals surface area contributed by atoms with E-state index in [-0.39, 0.29) is 21.2 Å². The summed E-state index contributed by atoms with van der Waals surface area (Å²) in [5.41, 5.74) is 5.08. The fraction of sp³-hybridized carbons (Fsp3) is 0.222. The van der Waals surface area contributed by atoms with Gasteiger partial charge in [0.15, 0.2) is 0 Å². The number of rotatable bonds is 3. The van der Waals surface area contributed by atoms with Crippen LogP contribution in [-0.4, -0.2) is 20.4 Å². The van der Waals surface area contributed by atoms with Crippen LogP contribution in [0.15, 0.2) is 36.4 Å². The van der Waals surface area contributed by atoms with Gasteiger partial charge >= 0.3 is 147 Å². The number of halogens is 1. The molecule has 0 fully saturated rings. The molecule has 0 amide bonds. The van der Waals surface area contributed by atoms with Crippen molar-refractivity contribution in [1.82, 2.24) is 20.4 Å². The molecule has 0 N–H and O–H groups in total. The second-order valence-corrected chi connectivity index (χ2v) is 8.45. The predicted molar refractivity (Wildman–Crippen MR) is 85.8 cm³/mol. The normalized spacial score (nSPS) is 11.0. The van der Waals surface area contributed by atoms with Gasteiger partial charge in [0.1, 0.15) is 0 Å². The summed E-state index contributed by atoms with van der Waals surface area (Å²) in [7, 11) is 0.